The topological polar surface area (TPSA) is 118 Å². The molecule has 0 bridgehead atoms. The molecule has 0 unspecified atom stereocenters. The monoisotopic (exact) mass is 397 g/mol. The maximum atomic E-state index is 12.2. The summed E-state index contributed by atoms with van der Waals surface area (Å²) >= 11 is 0. The maximum absolute atomic E-state index is 12.2. The molecule has 0 aliphatic heterocycles. The third kappa shape index (κ3) is 9.91. The zero-order chi connectivity index (χ0) is 18.1. The molecule has 10 nitrogen and oxygen atoms in total. The lowest BCUT2D eigenvalue weighted by Gasteiger charge is -2.27. The molecule has 0 fully saturated rings. The molecular formula is C10H25NO9P2S. The van der Waals surface area contributed by atoms with Gasteiger partial charge in [0.25, 0.3) is 10.1 Å². The third-order valence-corrected chi connectivity index (χ3v) is 7.09. The van der Waals surface area contributed by atoms with E-state index in [1.54, 1.807) is 0 Å². The smallest absolute Gasteiger partial charge is 0.311 e. The Morgan fingerprint density at radius 3 is 1.57 bits per heavy atom. The van der Waals surface area contributed by atoms with Crippen LogP contribution in [-0.4, -0.2) is 73.7 Å². The highest BCUT2D eigenvalue weighted by atomic mass is 32.2. The predicted octanol–water partition coefficient (Wildman–Crippen LogP) is 1.54. The van der Waals surface area contributed by atoms with Crippen molar-refractivity contribution in [3.63, 3.8) is 0 Å². The van der Waals surface area contributed by atoms with Gasteiger partial charge in [0, 0.05) is 35.0 Å². The Hall–Kier alpha value is 0.170. The second kappa shape index (κ2) is 10.2. The van der Waals surface area contributed by atoms with E-state index in [0.717, 1.165) is 6.26 Å². The van der Waals surface area contributed by atoms with Gasteiger partial charge in [-0.2, -0.15) is 8.42 Å². The van der Waals surface area contributed by atoms with Crippen molar-refractivity contribution in [1.29, 1.82) is 0 Å². The largest absolute Gasteiger partial charge is 0.344 e. The molecule has 23 heavy (non-hydrogen) atoms. The van der Waals surface area contributed by atoms with E-state index in [1.807, 2.05) is 0 Å². The van der Waals surface area contributed by atoms with Gasteiger partial charge >= 0.3 is 15.2 Å². The fourth-order valence-corrected chi connectivity index (χ4v) is 4.36. The van der Waals surface area contributed by atoms with Gasteiger partial charge in [0.1, 0.15) is 12.6 Å². The maximum Gasteiger partial charge on any atom is 0.344 e. The Kier molecular flexibility index (Phi) is 10.3. The van der Waals surface area contributed by atoms with Crippen molar-refractivity contribution in [2.24, 2.45) is 0 Å². The first-order valence-electron chi connectivity index (χ1n) is 6.51. The average molecular weight is 397 g/mol. The minimum atomic E-state index is -3.54. The first-order chi connectivity index (χ1) is 10.5. The molecule has 140 valence electrons. The summed E-state index contributed by atoms with van der Waals surface area (Å²) in [5.74, 6) is 0. The third-order valence-electron chi connectivity index (χ3n) is 2.78. The molecule has 0 aliphatic rings. The molecule has 0 aromatic carbocycles. The Labute approximate surface area is 137 Å². The Bertz CT molecular complexity index is 494. The Morgan fingerprint density at radius 1 is 0.870 bits per heavy atom. The molecule has 0 saturated carbocycles. The van der Waals surface area contributed by atoms with Gasteiger partial charge in [-0.25, -0.2) is 0 Å². The van der Waals surface area contributed by atoms with Crippen molar-refractivity contribution in [3.8, 4) is 0 Å². The van der Waals surface area contributed by atoms with Crippen LogP contribution in [0.5, 0.6) is 0 Å². The molecule has 0 heterocycles. The zero-order valence-electron chi connectivity index (χ0n) is 14.0. The van der Waals surface area contributed by atoms with Crippen molar-refractivity contribution in [2.45, 2.75) is 6.42 Å². The minimum Gasteiger partial charge on any atom is -0.311 e. The fourth-order valence-electron chi connectivity index (χ4n) is 1.55. The number of rotatable bonds is 13. The molecule has 0 aromatic rings. The molecule has 0 atom stereocenters. The van der Waals surface area contributed by atoms with E-state index in [1.165, 1.54) is 33.3 Å². The van der Waals surface area contributed by atoms with E-state index in [-0.39, 0.29) is 32.1 Å². The van der Waals surface area contributed by atoms with Crippen molar-refractivity contribution in [2.75, 3.05) is 60.4 Å². The van der Waals surface area contributed by atoms with Gasteiger partial charge in [0.2, 0.25) is 0 Å². The van der Waals surface area contributed by atoms with Crippen molar-refractivity contribution >= 4 is 25.3 Å². The van der Waals surface area contributed by atoms with Crippen LogP contribution in [0.15, 0.2) is 0 Å². The van der Waals surface area contributed by atoms with Crippen LogP contribution in [0.25, 0.3) is 0 Å². The number of nitrogens with zero attached hydrogens (tertiary/aromatic N) is 1. The summed E-state index contributed by atoms with van der Waals surface area (Å²) in [5.41, 5.74) is 0. The summed E-state index contributed by atoms with van der Waals surface area (Å²) < 4.78 is 70.3. The quantitative estimate of drug-likeness (QED) is 0.257. The van der Waals surface area contributed by atoms with Crippen LogP contribution >= 0.6 is 15.2 Å². The summed E-state index contributed by atoms with van der Waals surface area (Å²) in [6.45, 7) is 0.160. The van der Waals surface area contributed by atoms with Crippen molar-refractivity contribution in [3.05, 3.63) is 0 Å². The zero-order valence-corrected chi connectivity index (χ0v) is 16.6. The van der Waals surface area contributed by atoms with Gasteiger partial charge in [-0.3, -0.25) is 18.2 Å². The highest BCUT2D eigenvalue weighted by Crippen LogP contribution is 2.51. The SMILES string of the molecule is COP(=O)(CN(CCCOS(C)(=O)=O)CP(=O)(OC)OC)OC. The van der Waals surface area contributed by atoms with Gasteiger partial charge in [0.15, 0.2) is 0 Å². The van der Waals surface area contributed by atoms with Crippen molar-refractivity contribution < 1.29 is 39.8 Å². The molecule has 0 aliphatic carbocycles. The van der Waals surface area contributed by atoms with E-state index in [0.29, 0.717) is 0 Å². The summed E-state index contributed by atoms with van der Waals surface area (Å²) in [4.78, 5) is 1.49. The Balaban J connectivity index is 4.87. The normalized spacial score (nSPS) is 13.7. The lowest BCUT2D eigenvalue weighted by Crippen LogP contribution is -2.29. The van der Waals surface area contributed by atoms with Crippen LogP contribution in [0.4, 0.5) is 0 Å². The fraction of sp³-hybridized carbons (Fsp3) is 1.00. The highest BCUT2D eigenvalue weighted by molar-refractivity contribution is 7.85. The van der Waals surface area contributed by atoms with E-state index in [9.17, 15) is 17.5 Å². The summed E-state index contributed by atoms with van der Waals surface area (Å²) in [6.07, 6.45) is 0.915. The summed E-state index contributed by atoms with van der Waals surface area (Å²) in [5, 5.41) is 0. The second-order valence-electron chi connectivity index (χ2n) is 4.51. The first kappa shape index (κ1) is 23.2. The molecular weight excluding hydrogens is 372 g/mol. The van der Waals surface area contributed by atoms with Crippen LogP contribution in [-0.2, 0) is 41.5 Å². The van der Waals surface area contributed by atoms with E-state index >= 15 is 0 Å². The lowest BCUT2D eigenvalue weighted by molar-refractivity contribution is 0.213. The molecule has 0 aromatic heterocycles. The standard InChI is InChI=1S/C10H25NO9P2S/c1-16-21(12,17-2)9-11(10-22(13,18-3)19-4)7-6-8-20-23(5,14)15/h6-10H2,1-5H3. The highest BCUT2D eigenvalue weighted by Gasteiger charge is 2.31. The van der Waals surface area contributed by atoms with E-state index < -0.39 is 25.3 Å². The number of hydrogen-bond donors (Lipinski definition) is 0. The molecule has 13 heteroatoms. The van der Waals surface area contributed by atoms with E-state index in [4.69, 9.17) is 18.1 Å². The molecule has 0 amide bonds. The Morgan fingerprint density at radius 2 is 1.26 bits per heavy atom. The first-order valence-corrected chi connectivity index (χ1v) is 11.8. The van der Waals surface area contributed by atoms with Crippen LogP contribution in [0.2, 0.25) is 0 Å². The van der Waals surface area contributed by atoms with Gasteiger partial charge in [-0.05, 0) is 6.42 Å². The van der Waals surface area contributed by atoms with Gasteiger partial charge in [-0.15, -0.1) is 0 Å². The lowest BCUT2D eigenvalue weighted by atomic mass is 10.4. The summed E-state index contributed by atoms with van der Waals surface area (Å²) in [6, 6.07) is 0. The molecule has 0 rings (SSSR count). The molecule has 0 saturated heterocycles. The van der Waals surface area contributed by atoms with Crippen LogP contribution < -0.4 is 0 Å². The van der Waals surface area contributed by atoms with Crippen LogP contribution in [0, 0.1) is 0 Å². The van der Waals surface area contributed by atoms with Gasteiger partial charge in [0.05, 0.1) is 12.9 Å². The molecule has 0 spiro atoms. The summed E-state index contributed by atoms with van der Waals surface area (Å²) in [7, 11) is -5.37. The van der Waals surface area contributed by atoms with Gasteiger partial charge in [-0.1, -0.05) is 0 Å². The van der Waals surface area contributed by atoms with Gasteiger partial charge < -0.3 is 18.1 Å². The molecule has 0 radical (unpaired) electrons. The van der Waals surface area contributed by atoms with Crippen LogP contribution in [0.1, 0.15) is 6.42 Å². The van der Waals surface area contributed by atoms with E-state index in [2.05, 4.69) is 4.18 Å². The average Bonchev–Trinajstić information content (AvgIpc) is 2.50. The van der Waals surface area contributed by atoms with Crippen molar-refractivity contribution in [1.82, 2.24) is 4.90 Å². The molecule has 0 N–H and O–H groups in total. The minimum absolute atomic E-state index is 0.0656. The van der Waals surface area contributed by atoms with Crippen LogP contribution in [0.3, 0.4) is 0 Å². The second-order valence-corrected chi connectivity index (χ2v) is 10.6. The predicted molar refractivity (Wildman–Crippen MR) is 85.1 cm³/mol. The number of hydrogen-bond acceptors (Lipinski definition) is 10.